The number of aryl methyl sites for hydroxylation is 1. The van der Waals surface area contributed by atoms with Crippen molar-refractivity contribution in [1.29, 1.82) is 0 Å². The second kappa shape index (κ2) is 4.72. The number of nitrogens with zero attached hydrogens (tertiary/aromatic N) is 2. The molecule has 0 saturated heterocycles. The van der Waals surface area contributed by atoms with E-state index in [4.69, 9.17) is 5.73 Å². The van der Waals surface area contributed by atoms with Gasteiger partial charge in [-0.05, 0) is 31.5 Å². The summed E-state index contributed by atoms with van der Waals surface area (Å²) in [7, 11) is -1.40. The summed E-state index contributed by atoms with van der Waals surface area (Å²) in [4.78, 5) is 12.2. The van der Waals surface area contributed by atoms with Crippen LogP contribution in [0.5, 0.6) is 0 Å². The summed E-state index contributed by atoms with van der Waals surface area (Å²) in [5.41, 5.74) is 9.26. The lowest BCUT2D eigenvalue weighted by Crippen LogP contribution is -2.02. The molecule has 0 aliphatic carbocycles. The molecule has 6 heteroatoms. The number of aromatic amines is 1. The highest BCUT2D eigenvalue weighted by molar-refractivity contribution is 7.85. The Morgan fingerprint density at radius 1 is 1.25 bits per heavy atom. The Morgan fingerprint density at radius 2 is 2.05 bits per heavy atom. The molecular weight excluding hydrogens is 272 g/mol. The molecule has 3 N–H and O–H groups in total. The van der Waals surface area contributed by atoms with Gasteiger partial charge in [-0.15, -0.1) is 0 Å². The first-order valence-corrected chi connectivity index (χ1v) is 7.31. The minimum absolute atomic E-state index is 0.392. The number of rotatable bonds is 2. The van der Waals surface area contributed by atoms with E-state index in [1.807, 2.05) is 32.0 Å². The Kier molecular flexibility index (Phi) is 3.02. The number of nitrogen functional groups attached to an aromatic ring is 1. The lowest BCUT2D eigenvalue weighted by molar-refractivity contribution is 0.677. The maximum Gasteiger partial charge on any atom is 0.202 e. The van der Waals surface area contributed by atoms with Crippen molar-refractivity contribution in [3.8, 4) is 0 Å². The predicted octanol–water partition coefficient (Wildman–Crippen LogP) is 2.32. The van der Waals surface area contributed by atoms with Crippen LogP contribution in [0.15, 0.2) is 40.5 Å². The highest BCUT2D eigenvalue weighted by Crippen LogP contribution is 2.23. The molecule has 2 heterocycles. The predicted molar refractivity (Wildman–Crippen MR) is 78.9 cm³/mol. The number of fused-ring (bicyclic) bond motifs is 1. The standard InChI is InChI=1S/C14H14N4OS/c1-8-4-3-5-10-12(8)18-14(17-10)20(19)11-6-7-16-13(15)9(11)2/h3-7H,1-2H3,(H2,15,16)(H,17,18). The molecule has 1 atom stereocenters. The van der Waals surface area contributed by atoms with Crippen molar-refractivity contribution in [2.45, 2.75) is 23.9 Å². The number of hydrogen-bond donors (Lipinski definition) is 2. The zero-order valence-electron chi connectivity index (χ0n) is 11.2. The van der Waals surface area contributed by atoms with Crippen LogP contribution in [0.25, 0.3) is 11.0 Å². The molecule has 102 valence electrons. The van der Waals surface area contributed by atoms with E-state index in [1.54, 1.807) is 12.3 Å². The van der Waals surface area contributed by atoms with Gasteiger partial charge in [0.1, 0.15) is 16.6 Å². The summed E-state index contributed by atoms with van der Waals surface area (Å²) in [6, 6.07) is 7.55. The van der Waals surface area contributed by atoms with Crippen molar-refractivity contribution in [2.24, 2.45) is 0 Å². The molecule has 3 rings (SSSR count). The fourth-order valence-electron chi connectivity index (χ4n) is 2.08. The average Bonchev–Trinajstić information content (AvgIpc) is 2.87. The highest BCUT2D eigenvalue weighted by Gasteiger charge is 2.16. The molecule has 1 aromatic carbocycles. The molecular formula is C14H14N4OS. The Hall–Kier alpha value is -2.21. The van der Waals surface area contributed by atoms with Crippen LogP contribution in [-0.4, -0.2) is 19.2 Å². The summed E-state index contributed by atoms with van der Waals surface area (Å²) < 4.78 is 12.6. The van der Waals surface area contributed by atoms with Gasteiger partial charge in [-0.25, -0.2) is 14.2 Å². The Bertz CT molecular complexity index is 825. The van der Waals surface area contributed by atoms with Gasteiger partial charge in [0.15, 0.2) is 0 Å². The van der Waals surface area contributed by atoms with Crippen molar-refractivity contribution in [3.63, 3.8) is 0 Å². The van der Waals surface area contributed by atoms with Gasteiger partial charge in [0.05, 0.1) is 15.9 Å². The maximum atomic E-state index is 12.6. The molecule has 5 nitrogen and oxygen atoms in total. The Balaban J connectivity index is 2.13. The molecule has 0 amide bonds. The molecule has 0 aliphatic rings. The zero-order chi connectivity index (χ0) is 14.3. The number of anilines is 1. The van der Waals surface area contributed by atoms with Gasteiger partial charge in [0.2, 0.25) is 5.16 Å². The molecule has 0 fully saturated rings. The summed E-state index contributed by atoms with van der Waals surface area (Å²) in [6.07, 6.45) is 1.56. The molecule has 0 saturated carbocycles. The van der Waals surface area contributed by atoms with Gasteiger partial charge in [-0.2, -0.15) is 0 Å². The van der Waals surface area contributed by atoms with Crippen LogP contribution in [0.1, 0.15) is 11.1 Å². The lowest BCUT2D eigenvalue weighted by atomic mass is 10.2. The van der Waals surface area contributed by atoms with E-state index >= 15 is 0 Å². The van der Waals surface area contributed by atoms with E-state index in [0.717, 1.165) is 22.2 Å². The topological polar surface area (TPSA) is 84.7 Å². The first kappa shape index (κ1) is 12.8. The Morgan fingerprint density at radius 3 is 2.80 bits per heavy atom. The van der Waals surface area contributed by atoms with Crippen LogP contribution in [0.4, 0.5) is 5.82 Å². The Labute approximate surface area is 118 Å². The van der Waals surface area contributed by atoms with Crippen molar-refractivity contribution >= 4 is 27.7 Å². The van der Waals surface area contributed by atoms with Gasteiger partial charge in [0, 0.05) is 11.8 Å². The third kappa shape index (κ3) is 1.98. The molecule has 3 aromatic rings. The molecule has 0 bridgehead atoms. The van der Waals surface area contributed by atoms with Crippen LogP contribution < -0.4 is 5.73 Å². The van der Waals surface area contributed by atoms with E-state index in [0.29, 0.717) is 15.9 Å². The lowest BCUT2D eigenvalue weighted by Gasteiger charge is -2.04. The second-order valence-corrected chi connectivity index (χ2v) is 5.97. The van der Waals surface area contributed by atoms with Crippen molar-refractivity contribution in [1.82, 2.24) is 15.0 Å². The van der Waals surface area contributed by atoms with E-state index in [1.165, 1.54) is 0 Å². The SMILES string of the molecule is Cc1c(S(=O)c2nc3c(C)cccc3[nH]2)ccnc1N. The number of benzene rings is 1. The first-order chi connectivity index (χ1) is 9.58. The van der Waals surface area contributed by atoms with E-state index in [2.05, 4.69) is 15.0 Å². The molecule has 0 spiro atoms. The maximum absolute atomic E-state index is 12.6. The fourth-order valence-corrected chi connectivity index (χ4v) is 3.23. The number of aromatic nitrogens is 3. The zero-order valence-corrected chi connectivity index (χ0v) is 12.0. The smallest absolute Gasteiger partial charge is 0.202 e. The second-order valence-electron chi connectivity index (χ2n) is 4.60. The van der Waals surface area contributed by atoms with E-state index in [9.17, 15) is 4.21 Å². The number of nitrogens with one attached hydrogen (secondary N) is 1. The summed E-state index contributed by atoms with van der Waals surface area (Å²) >= 11 is 0. The van der Waals surface area contributed by atoms with Gasteiger partial charge < -0.3 is 10.7 Å². The van der Waals surface area contributed by atoms with Crippen molar-refractivity contribution < 1.29 is 4.21 Å². The van der Waals surface area contributed by atoms with Crippen LogP contribution in [-0.2, 0) is 10.8 Å². The number of imidazole rings is 1. The normalized spacial score (nSPS) is 12.7. The largest absolute Gasteiger partial charge is 0.383 e. The molecule has 0 aliphatic heterocycles. The molecule has 2 aromatic heterocycles. The third-order valence-corrected chi connectivity index (χ3v) is 4.65. The monoisotopic (exact) mass is 286 g/mol. The number of H-pyrrole nitrogens is 1. The number of nitrogens with two attached hydrogens (primary N) is 1. The van der Waals surface area contributed by atoms with Gasteiger partial charge >= 0.3 is 0 Å². The first-order valence-electron chi connectivity index (χ1n) is 6.16. The number of para-hydroxylation sites is 1. The van der Waals surface area contributed by atoms with Crippen LogP contribution in [0.3, 0.4) is 0 Å². The summed E-state index contributed by atoms with van der Waals surface area (Å²) in [5, 5.41) is 0.433. The van der Waals surface area contributed by atoms with Crippen LogP contribution >= 0.6 is 0 Å². The third-order valence-electron chi connectivity index (χ3n) is 3.26. The number of pyridine rings is 1. The quantitative estimate of drug-likeness (QED) is 0.757. The summed E-state index contributed by atoms with van der Waals surface area (Å²) in [6.45, 7) is 3.79. The van der Waals surface area contributed by atoms with Crippen molar-refractivity contribution in [3.05, 3.63) is 41.6 Å². The van der Waals surface area contributed by atoms with Crippen LogP contribution in [0, 0.1) is 13.8 Å². The number of hydrogen-bond acceptors (Lipinski definition) is 4. The van der Waals surface area contributed by atoms with Gasteiger partial charge in [-0.1, -0.05) is 12.1 Å². The van der Waals surface area contributed by atoms with Crippen molar-refractivity contribution in [2.75, 3.05) is 5.73 Å². The summed E-state index contributed by atoms with van der Waals surface area (Å²) in [5.74, 6) is 0.392. The van der Waals surface area contributed by atoms with E-state index < -0.39 is 10.8 Å². The van der Waals surface area contributed by atoms with Crippen LogP contribution in [0.2, 0.25) is 0 Å². The average molecular weight is 286 g/mol. The van der Waals surface area contributed by atoms with Gasteiger partial charge in [-0.3, -0.25) is 0 Å². The van der Waals surface area contributed by atoms with Gasteiger partial charge in [0.25, 0.3) is 0 Å². The fraction of sp³-hybridized carbons (Fsp3) is 0.143. The highest BCUT2D eigenvalue weighted by atomic mass is 32.2. The molecule has 0 radical (unpaired) electrons. The van der Waals surface area contributed by atoms with E-state index in [-0.39, 0.29) is 0 Å². The minimum atomic E-state index is -1.40. The molecule has 1 unspecified atom stereocenters. The minimum Gasteiger partial charge on any atom is -0.383 e. The molecule has 20 heavy (non-hydrogen) atoms.